The monoisotopic (exact) mass is 441 g/mol. The molecule has 3 rings (SSSR count). The molecule has 11 heteroatoms. The first kappa shape index (κ1) is 21.5. The summed E-state index contributed by atoms with van der Waals surface area (Å²) in [5.41, 5.74) is -4.98. The zero-order valence-corrected chi connectivity index (χ0v) is 16.2. The van der Waals surface area contributed by atoms with Crippen molar-refractivity contribution in [1.29, 1.82) is 0 Å². The third kappa shape index (κ3) is 4.20. The third-order valence-corrected chi connectivity index (χ3v) is 5.83. The average Bonchev–Trinajstić information content (AvgIpc) is 3.11. The van der Waals surface area contributed by atoms with E-state index in [0.717, 1.165) is 12.1 Å². The molecule has 0 aliphatic rings. The van der Waals surface area contributed by atoms with Crippen LogP contribution in [0.2, 0.25) is 0 Å². The SMILES string of the molecule is Cn1ccnc1C(NC(=O)c1ccc(S(=O)(=O)C(F)(F)F)cc1)c1ccc(F)cc1. The number of nitrogens with zero attached hydrogens (tertiary/aromatic N) is 2. The third-order valence-electron chi connectivity index (χ3n) is 4.33. The highest BCUT2D eigenvalue weighted by molar-refractivity contribution is 7.92. The lowest BCUT2D eigenvalue weighted by atomic mass is 10.1. The normalized spacial score (nSPS) is 13.1. The number of sulfone groups is 1. The maximum Gasteiger partial charge on any atom is 0.501 e. The van der Waals surface area contributed by atoms with Crippen molar-refractivity contribution in [3.05, 3.63) is 83.7 Å². The first-order valence-corrected chi connectivity index (χ1v) is 9.94. The van der Waals surface area contributed by atoms with Crippen LogP contribution in [-0.4, -0.2) is 29.4 Å². The fraction of sp³-hybridized carbons (Fsp3) is 0.158. The lowest BCUT2D eigenvalue weighted by Crippen LogP contribution is -2.31. The molecule has 0 saturated heterocycles. The van der Waals surface area contributed by atoms with Crippen LogP contribution in [0.15, 0.2) is 65.8 Å². The van der Waals surface area contributed by atoms with Gasteiger partial charge in [0, 0.05) is 25.0 Å². The van der Waals surface area contributed by atoms with Crippen LogP contribution in [-0.2, 0) is 16.9 Å². The molecule has 1 heterocycles. The molecule has 1 N–H and O–H groups in total. The van der Waals surface area contributed by atoms with E-state index in [2.05, 4.69) is 10.3 Å². The molecule has 0 spiro atoms. The van der Waals surface area contributed by atoms with Crippen molar-refractivity contribution in [3.63, 3.8) is 0 Å². The van der Waals surface area contributed by atoms with Crippen molar-refractivity contribution >= 4 is 15.7 Å². The molecule has 0 bridgehead atoms. The molecular weight excluding hydrogens is 426 g/mol. The van der Waals surface area contributed by atoms with Crippen molar-refractivity contribution < 1.29 is 30.8 Å². The maximum atomic E-state index is 13.3. The zero-order valence-electron chi connectivity index (χ0n) is 15.4. The maximum absolute atomic E-state index is 13.3. The van der Waals surface area contributed by atoms with Crippen LogP contribution < -0.4 is 5.32 Å². The van der Waals surface area contributed by atoms with Crippen LogP contribution in [0.3, 0.4) is 0 Å². The Balaban J connectivity index is 1.90. The predicted octanol–water partition coefficient (Wildman–Crippen LogP) is 3.37. The smallest absolute Gasteiger partial charge is 0.338 e. The number of alkyl halides is 3. The Morgan fingerprint density at radius 2 is 1.67 bits per heavy atom. The van der Waals surface area contributed by atoms with Gasteiger partial charge < -0.3 is 9.88 Å². The second-order valence-electron chi connectivity index (χ2n) is 6.33. The van der Waals surface area contributed by atoms with E-state index in [1.54, 1.807) is 17.8 Å². The van der Waals surface area contributed by atoms with Crippen molar-refractivity contribution in [2.45, 2.75) is 16.4 Å². The number of benzene rings is 2. The van der Waals surface area contributed by atoms with E-state index in [1.165, 1.54) is 30.5 Å². The summed E-state index contributed by atoms with van der Waals surface area (Å²) in [4.78, 5) is 15.9. The van der Waals surface area contributed by atoms with Gasteiger partial charge in [0.2, 0.25) is 0 Å². The van der Waals surface area contributed by atoms with E-state index in [1.807, 2.05) is 0 Å². The fourth-order valence-corrected chi connectivity index (χ4v) is 3.50. The Labute approximate surface area is 169 Å². The van der Waals surface area contributed by atoms with E-state index in [-0.39, 0.29) is 5.56 Å². The van der Waals surface area contributed by atoms with Gasteiger partial charge in [-0.05, 0) is 42.0 Å². The highest BCUT2D eigenvalue weighted by atomic mass is 32.2. The number of imidazole rings is 1. The minimum Gasteiger partial charge on any atom is -0.338 e. The van der Waals surface area contributed by atoms with E-state index in [9.17, 15) is 30.8 Å². The number of halogens is 4. The second-order valence-corrected chi connectivity index (χ2v) is 8.27. The fourth-order valence-electron chi connectivity index (χ4n) is 2.74. The van der Waals surface area contributed by atoms with Crippen LogP contribution in [0.1, 0.15) is 27.8 Å². The number of aryl methyl sites for hydroxylation is 1. The molecule has 0 aliphatic carbocycles. The largest absolute Gasteiger partial charge is 0.501 e. The number of aromatic nitrogens is 2. The lowest BCUT2D eigenvalue weighted by Gasteiger charge is -2.19. The summed E-state index contributed by atoms with van der Waals surface area (Å²) < 4.78 is 75.8. The second kappa shape index (κ2) is 7.90. The van der Waals surface area contributed by atoms with Gasteiger partial charge in [0.1, 0.15) is 17.7 Å². The summed E-state index contributed by atoms with van der Waals surface area (Å²) in [5.74, 6) is -0.709. The molecule has 3 aromatic rings. The van der Waals surface area contributed by atoms with Crippen molar-refractivity contribution in [2.24, 2.45) is 7.05 Å². The van der Waals surface area contributed by atoms with Gasteiger partial charge in [0.15, 0.2) is 0 Å². The predicted molar refractivity (Wildman–Crippen MR) is 98.6 cm³/mol. The molecule has 1 unspecified atom stereocenters. The van der Waals surface area contributed by atoms with E-state index < -0.39 is 38.0 Å². The minimum absolute atomic E-state index is 0.0579. The number of carbonyl (C=O) groups is 1. The highest BCUT2D eigenvalue weighted by Gasteiger charge is 2.46. The molecule has 0 aliphatic heterocycles. The summed E-state index contributed by atoms with van der Waals surface area (Å²) in [6, 6.07) is 7.97. The molecule has 1 atom stereocenters. The molecule has 1 aromatic heterocycles. The summed E-state index contributed by atoms with van der Waals surface area (Å²) in [7, 11) is -3.81. The highest BCUT2D eigenvalue weighted by Crippen LogP contribution is 2.30. The van der Waals surface area contributed by atoms with Gasteiger partial charge in [-0.25, -0.2) is 17.8 Å². The molecule has 0 saturated carbocycles. The van der Waals surface area contributed by atoms with Crippen LogP contribution in [0, 0.1) is 5.82 Å². The van der Waals surface area contributed by atoms with Crippen LogP contribution >= 0.6 is 0 Å². The molecule has 6 nitrogen and oxygen atoms in total. The van der Waals surface area contributed by atoms with Crippen molar-refractivity contribution in [1.82, 2.24) is 14.9 Å². The van der Waals surface area contributed by atoms with Gasteiger partial charge >= 0.3 is 5.51 Å². The Bertz CT molecular complexity index is 1150. The number of carbonyl (C=O) groups excluding carboxylic acids is 1. The van der Waals surface area contributed by atoms with E-state index in [4.69, 9.17) is 0 Å². The summed E-state index contributed by atoms with van der Waals surface area (Å²) in [5, 5.41) is 2.68. The topological polar surface area (TPSA) is 81.1 Å². The summed E-state index contributed by atoms with van der Waals surface area (Å²) in [6.45, 7) is 0. The minimum atomic E-state index is -5.51. The zero-order chi connectivity index (χ0) is 22.1. The van der Waals surface area contributed by atoms with Gasteiger partial charge in [0.05, 0.1) is 4.90 Å². The molecule has 30 heavy (non-hydrogen) atoms. The Morgan fingerprint density at radius 1 is 1.07 bits per heavy atom. The van der Waals surface area contributed by atoms with Crippen LogP contribution in [0.25, 0.3) is 0 Å². The number of amides is 1. The van der Waals surface area contributed by atoms with Gasteiger partial charge in [-0.1, -0.05) is 12.1 Å². The molecule has 158 valence electrons. The number of nitrogens with one attached hydrogen (secondary N) is 1. The number of hydrogen-bond donors (Lipinski definition) is 1. The Kier molecular flexibility index (Phi) is 5.66. The van der Waals surface area contributed by atoms with Crippen molar-refractivity contribution in [3.8, 4) is 0 Å². The Hall–Kier alpha value is -3.21. The number of hydrogen-bond acceptors (Lipinski definition) is 4. The van der Waals surface area contributed by atoms with Crippen LogP contribution in [0.4, 0.5) is 17.6 Å². The van der Waals surface area contributed by atoms with Crippen LogP contribution in [0.5, 0.6) is 0 Å². The molecular formula is C19H15F4N3O3S. The summed E-state index contributed by atoms with van der Waals surface area (Å²) >= 11 is 0. The first-order valence-electron chi connectivity index (χ1n) is 8.45. The lowest BCUT2D eigenvalue weighted by molar-refractivity contribution is -0.0436. The standard InChI is InChI=1S/C19H15F4N3O3S/c1-26-11-10-24-17(26)16(12-2-6-14(20)7-3-12)25-18(27)13-4-8-15(9-5-13)30(28,29)19(21,22)23/h2-11,16H,1H3,(H,25,27). The van der Waals surface area contributed by atoms with Crippen molar-refractivity contribution in [2.75, 3.05) is 0 Å². The average molecular weight is 441 g/mol. The first-order chi connectivity index (χ1) is 14.0. The van der Waals surface area contributed by atoms with Gasteiger partial charge in [-0.3, -0.25) is 4.79 Å². The molecule has 2 aromatic carbocycles. The van der Waals surface area contributed by atoms with E-state index >= 15 is 0 Å². The summed E-state index contributed by atoms with van der Waals surface area (Å²) in [6.07, 6.45) is 3.16. The van der Waals surface area contributed by atoms with E-state index in [0.29, 0.717) is 23.5 Å². The molecule has 0 fully saturated rings. The van der Waals surface area contributed by atoms with Gasteiger partial charge in [0.25, 0.3) is 15.7 Å². The number of rotatable bonds is 5. The van der Waals surface area contributed by atoms with Gasteiger partial charge in [-0.2, -0.15) is 13.2 Å². The quantitative estimate of drug-likeness (QED) is 0.616. The Morgan fingerprint density at radius 3 is 2.17 bits per heavy atom. The van der Waals surface area contributed by atoms with Gasteiger partial charge in [-0.15, -0.1) is 0 Å². The molecule has 1 amide bonds. The molecule has 0 radical (unpaired) electrons.